The number of ether oxygens (including phenoxy) is 1. The number of aromatic nitrogens is 2. The molecule has 2 heterocycles. The molecule has 0 spiro atoms. The van der Waals surface area contributed by atoms with Crippen molar-refractivity contribution in [1.82, 2.24) is 14.9 Å². The van der Waals surface area contributed by atoms with Gasteiger partial charge in [0.15, 0.2) is 0 Å². The summed E-state index contributed by atoms with van der Waals surface area (Å²) >= 11 is 0. The van der Waals surface area contributed by atoms with Gasteiger partial charge < -0.3 is 14.6 Å². The molecule has 1 fully saturated rings. The lowest BCUT2D eigenvalue weighted by Crippen LogP contribution is -2.17. The van der Waals surface area contributed by atoms with Crippen molar-refractivity contribution in [3.63, 3.8) is 0 Å². The molecule has 4 nitrogen and oxygen atoms in total. The van der Waals surface area contributed by atoms with E-state index < -0.39 is 0 Å². The molecule has 1 unspecified atom stereocenters. The second-order valence-corrected chi connectivity index (χ2v) is 3.60. The van der Waals surface area contributed by atoms with Gasteiger partial charge in [-0.1, -0.05) is 0 Å². The van der Waals surface area contributed by atoms with Gasteiger partial charge >= 0.3 is 0 Å². The van der Waals surface area contributed by atoms with E-state index in [1.807, 2.05) is 12.5 Å². The van der Waals surface area contributed by atoms with Crippen LogP contribution in [0.5, 0.6) is 0 Å². The number of aryl methyl sites for hydroxylation is 1. The van der Waals surface area contributed by atoms with Gasteiger partial charge in [0.05, 0.1) is 30.9 Å². The highest BCUT2D eigenvalue weighted by molar-refractivity contribution is 4.96. The van der Waals surface area contributed by atoms with Gasteiger partial charge in [-0.05, 0) is 19.9 Å². The van der Waals surface area contributed by atoms with Crippen molar-refractivity contribution < 1.29 is 4.74 Å². The molecule has 1 aliphatic heterocycles. The second-order valence-electron chi connectivity index (χ2n) is 3.60. The maximum Gasteiger partial charge on any atom is 0.0948 e. The van der Waals surface area contributed by atoms with Gasteiger partial charge in [-0.15, -0.1) is 0 Å². The Bertz CT molecular complexity index is 279. The molecule has 0 saturated carbocycles. The average molecular weight is 195 g/mol. The van der Waals surface area contributed by atoms with Crippen LogP contribution in [-0.4, -0.2) is 28.7 Å². The molecule has 0 radical (unpaired) electrons. The molecule has 14 heavy (non-hydrogen) atoms. The van der Waals surface area contributed by atoms with Gasteiger partial charge in [0.2, 0.25) is 0 Å². The predicted octanol–water partition coefficient (Wildman–Crippen LogP) is 0.781. The summed E-state index contributed by atoms with van der Waals surface area (Å²) in [6.07, 6.45) is 5.24. The molecular weight excluding hydrogens is 178 g/mol. The monoisotopic (exact) mass is 195 g/mol. The standard InChI is InChI=1S/C10H17N3O/c1-2-13-8-12-5-9(13)7-14-10-3-4-11-6-10/h5,8,10-11H,2-4,6-7H2,1H3. The van der Waals surface area contributed by atoms with Crippen LogP contribution in [-0.2, 0) is 17.9 Å². The largest absolute Gasteiger partial charge is 0.371 e. The Morgan fingerprint density at radius 1 is 1.71 bits per heavy atom. The van der Waals surface area contributed by atoms with Crippen LogP contribution in [0.4, 0.5) is 0 Å². The molecular formula is C10H17N3O. The van der Waals surface area contributed by atoms with Crippen molar-refractivity contribution in [2.75, 3.05) is 13.1 Å². The third-order valence-electron chi connectivity index (χ3n) is 2.62. The van der Waals surface area contributed by atoms with Gasteiger partial charge in [0, 0.05) is 13.1 Å². The molecule has 4 heteroatoms. The van der Waals surface area contributed by atoms with E-state index in [1.54, 1.807) is 0 Å². The van der Waals surface area contributed by atoms with E-state index in [9.17, 15) is 0 Å². The average Bonchev–Trinajstić information content (AvgIpc) is 2.85. The minimum absolute atomic E-state index is 0.384. The lowest BCUT2D eigenvalue weighted by Gasteiger charge is -2.11. The third kappa shape index (κ3) is 2.13. The first-order chi connectivity index (χ1) is 6.90. The summed E-state index contributed by atoms with van der Waals surface area (Å²) in [4.78, 5) is 4.11. The molecule has 0 aromatic carbocycles. The topological polar surface area (TPSA) is 39.1 Å². The summed E-state index contributed by atoms with van der Waals surface area (Å²) in [7, 11) is 0. The van der Waals surface area contributed by atoms with E-state index in [-0.39, 0.29) is 0 Å². The smallest absolute Gasteiger partial charge is 0.0948 e. The molecule has 0 bridgehead atoms. The van der Waals surface area contributed by atoms with Crippen LogP contribution in [0, 0.1) is 0 Å². The Hall–Kier alpha value is -0.870. The van der Waals surface area contributed by atoms with Crippen LogP contribution in [0.25, 0.3) is 0 Å². The number of imidazole rings is 1. The highest BCUT2D eigenvalue weighted by Crippen LogP contribution is 2.08. The maximum absolute atomic E-state index is 5.77. The van der Waals surface area contributed by atoms with Gasteiger partial charge in [-0.2, -0.15) is 0 Å². The molecule has 78 valence electrons. The van der Waals surface area contributed by atoms with Crippen LogP contribution in [0.3, 0.4) is 0 Å². The van der Waals surface area contributed by atoms with Crippen molar-refractivity contribution in [1.29, 1.82) is 0 Å². The first kappa shape index (κ1) is 9.68. The zero-order valence-electron chi connectivity index (χ0n) is 8.57. The Kier molecular flexibility index (Phi) is 3.16. The van der Waals surface area contributed by atoms with Gasteiger partial charge in [-0.3, -0.25) is 0 Å². The van der Waals surface area contributed by atoms with E-state index in [1.165, 1.54) is 5.69 Å². The first-order valence-electron chi connectivity index (χ1n) is 5.21. The van der Waals surface area contributed by atoms with Crippen LogP contribution in [0.2, 0.25) is 0 Å². The molecule has 1 atom stereocenters. The van der Waals surface area contributed by atoms with E-state index in [2.05, 4.69) is 21.8 Å². The zero-order chi connectivity index (χ0) is 9.80. The number of rotatable bonds is 4. The van der Waals surface area contributed by atoms with Crippen LogP contribution in [0.1, 0.15) is 19.0 Å². The summed E-state index contributed by atoms with van der Waals surface area (Å²) in [5.41, 5.74) is 1.17. The zero-order valence-corrected chi connectivity index (χ0v) is 8.57. The number of nitrogens with one attached hydrogen (secondary N) is 1. The minimum Gasteiger partial charge on any atom is -0.371 e. The lowest BCUT2D eigenvalue weighted by molar-refractivity contribution is 0.0506. The Labute approximate surface area is 84.3 Å². The Morgan fingerprint density at radius 2 is 2.64 bits per heavy atom. The summed E-state index contributed by atoms with van der Waals surface area (Å²) in [6.45, 7) is 5.82. The fraction of sp³-hybridized carbons (Fsp3) is 0.700. The van der Waals surface area contributed by atoms with E-state index >= 15 is 0 Å². The molecule has 1 aromatic rings. The molecule has 1 N–H and O–H groups in total. The SMILES string of the molecule is CCn1cncc1COC1CCNC1. The molecule has 2 rings (SSSR count). The normalized spacial score (nSPS) is 21.6. The molecule has 1 saturated heterocycles. The number of hydrogen-bond acceptors (Lipinski definition) is 3. The fourth-order valence-corrected chi connectivity index (χ4v) is 1.73. The summed E-state index contributed by atoms with van der Waals surface area (Å²) in [6, 6.07) is 0. The molecule has 1 aliphatic rings. The van der Waals surface area contributed by atoms with Crippen LogP contribution >= 0.6 is 0 Å². The maximum atomic E-state index is 5.77. The van der Waals surface area contributed by atoms with Gasteiger partial charge in [0.25, 0.3) is 0 Å². The van der Waals surface area contributed by atoms with Gasteiger partial charge in [0.1, 0.15) is 0 Å². The summed E-state index contributed by atoms with van der Waals surface area (Å²) in [5, 5.41) is 3.28. The highest BCUT2D eigenvalue weighted by atomic mass is 16.5. The van der Waals surface area contributed by atoms with Crippen molar-refractivity contribution in [2.45, 2.75) is 32.6 Å². The van der Waals surface area contributed by atoms with Crippen molar-refractivity contribution in [3.8, 4) is 0 Å². The quantitative estimate of drug-likeness (QED) is 0.771. The Morgan fingerprint density at radius 3 is 3.36 bits per heavy atom. The first-order valence-corrected chi connectivity index (χ1v) is 5.21. The number of nitrogens with zero attached hydrogens (tertiary/aromatic N) is 2. The van der Waals surface area contributed by atoms with Crippen molar-refractivity contribution in [2.24, 2.45) is 0 Å². The third-order valence-corrected chi connectivity index (χ3v) is 2.62. The molecule has 1 aromatic heterocycles. The Balaban J connectivity index is 1.84. The second kappa shape index (κ2) is 4.57. The van der Waals surface area contributed by atoms with Gasteiger partial charge in [-0.25, -0.2) is 4.98 Å². The minimum atomic E-state index is 0.384. The van der Waals surface area contributed by atoms with E-state index in [0.717, 1.165) is 26.1 Å². The highest BCUT2D eigenvalue weighted by Gasteiger charge is 2.15. The summed E-state index contributed by atoms with van der Waals surface area (Å²) < 4.78 is 7.88. The van der Waals surface area contributed by atoms with E-state index in [0.29, 0.717) is 12.7 Å². The summed E-state index contributed by atoms with van der Waals surface area (Å²) in [5.74, 6) is 0. The fourth-order valence-electron chi connectivity index (χ4n) is 1.73. The van der Waals surface area contributed by atoms with E-state index in [4.69, 9.17) is 4.74 Å². The molecule has 0 amide bonds. The van der Waals surface area contributed by atoms with Crippen LogP contribution in [0.15, 0.2) is 12.5 Å². The van der Waals surface area contributed by atoms with Crippen molar-refractivity contribution >= 4 is 0 Å². The number of hydrogen-bond donors (Lipinski definition) is 1. The van der Waals surface area contributed by atoms with Crippen molar-refractivity contribution in [3.05, 3.63) is 18.2 Å². The lowest BCUT2D eigenvalue weighted by atomic mass is 10.3. The predicted molar refractivity (Wildman–Crippen MR) is 54.0 cm³/mol. The van der Waals surface area contributed by atoms with Crippen LogP contribution < -0.4 is 5.32 Å². The molecule has 0 aliphatic carbocycles.